The molecule has 2 aliphatic carbocycles. The van der Waals surface area contributed by atoms with Crippen LogP contribution in [0.3, 0.4) is 0 Å². The lowest BCUT2D eigenvalue weighted by molar-refractivity contribution is -0.158. The molecule has 0 aromatic heterocycles. The third-order valence-electron chi connectivity index (χ3n) is 5.34. The summed E-state index contributed by atoms with van der Waals surface area (Å²) in [6.07, 6.45) is 3.53. The van der Waals surface area contributed by atoms with Crippen LogP contribution in [0.15, 0.2) is 0 Å². The van der Waals surface area contributed by atoms with Crippen molar-refractivity contribution in [1.82, 2.24) is 0 Å². The summed E-state index contributed by atoms with van der Waals surface area (Å²) in [5.74, 6) is 0.443. The quantitative estimate of drug-likeness (QED) is 0.732. The molecule has 0 heterocycles. The first-order chi connectivity index (χ1) is 7.29. The second-order valence-corrected chi connectivity index (χ2v) is 6.32. The van der Waals surface area contributed by atoms with Crippen LogP contribution in [0.5, 0.6) is 0 Å². The maximum absolute atomic E-state index is 11.6. The molecule has 2 saturated carbocycles. The Balaban J connectivity index is 2.13. The van der Waals surface area contributed by atoms with Gasteiger partial charge in [-0.25, -0.2) is 0 Å². The molecule has 0 saturated heterocycles. The van der Waals surface area contributed by atoms with Gasteiger partial charge in [-0.2, -0.15) is 0 Å². The van der Waals surface area contributed by atoms with Gasteiger partial charge in [-0.3, -0.25) is 4.79 Å². The molecular weight excluding hydrogens is 202 g/mol. The Morgan fingerprint density at radius 1 is 1.44 bits per heavy atom. The zero-order chi connectivity index (χ0) is 12.1. The predicted molar refractivity (Wildman–Crippen MR) is 62.8 cm³/mol. The van der Waals surface area contributed by atoms with Crippen LogP contribution < -0.4 is 5.73 Å². The van der Waals surface area contributed by atoms with Gasteiger partial charge in [0.25, 0.3) is 0 Å². The number of carbonyl (C=O) groups is 1. The zero-order valence-corrected chi connectivity index (χ0v) is 10.7. The molecule has 0 aromatic rings. The third kappa shape index (κ3) is 1.41. The topological polar surface area (TPSA) is 52.3 Å². The fourth-order valence-electron chi connectivity index (χ4n) is 3.56. The molecule has 0 spiro atoms. The van der Waals surface area contributed by atoms with Crippen molar-refractivity contribution in [2.24, 2.45) is 22.5 Å². The molecule has 0 amide bonds. The van der Waals surface area contributed by atoms with Gasteiger partial charge in [-0.15, -0.1) is 0 Å². The lowest BCUT2D eigenvalue weighted by Gasteiger charge is -2.38. The molecule has 0 aromatic carbocycles. The minimum absolute atomic E-state index is 0.0692. The van der Waals surface area contributed by atoms with Crippen LogP contribution in [0.25, 0.3) is 0 Å². The third-order valence-corrected chi connectivity index (χ3v) is 5.34. The van der Waals surface area contributed by atoms with Crippen molar-refractivity contribution in [3.63, 3.8) is 0 Å². The van der Waals surface area contributed by atoms with Crippen molar-refractivity contribution in [3.8, 4) is 0 Å². The number of nitrogens with two attached hydrogens (primary N) is 1. The van der Waals surface area contributed by atoms with E-state index in [1.807, 2.05) is 0 Å². The molecule has 2 rings (SSSR count). The van der Waals surface area contributed by atoms with Crippen molar-refractivity contribution in [3.05, 3.63) is 0 Å². The van der Waals surface area contributed by atoms with Crippen molar-refractivity contribution in [1.29, 1.82) is 0 Å². The maximum atomic E-state index is 11.6. The van der Waals surface area contributed by atoms with Gasteiger partial charge in [0.2, 0.25) is 0 Å². The van der Waals surface area contributed by atoms with Crippen molar-refractivity contribution < 1.29 is 9.53 Å². The summed E-state index contributed by atoms with van der Waals surface area (Å²) in [6.45, 7) is 8.57. The van der Waals surface area contributed by atoms with Gasteiger partial charge < -0.3 is 10.5 Å². The summed E-state index contributed by atoms with van der Waals surface area (Å²) in [4.78, 5) is 11.6. The molecule has 92 valence electrons. The van der Waals surface area contributed by atoms with Gasteiger partial charge in [0.1, 0.15) is 12.1 Å². The molecule has 2 N–H and O–H groups in total. The molecule has 3 heteroatoms. The Morgan fingerprint density at radius 3 is 2.44 bits per heavy atom. The van der Waals surface area contributed by atoms with E-state index < -0.39 is 6.04 Å². The van der Waals surface area contributed by atoms with Crippen molar-refractivity contribution >= 4 is 5.97 Å². The Morgan fingerprint density at radius 2 is 2.06 bits per heavy atom. The average Bonchev–Trinajstić information content (AvgIpc) is 2.50. The number of hydrogen-bond donors (Lipinski definition) is 1. The van der Waals surface area contributed by atoms with E-state index >= 15 is 0 Å². The Hall–Kier alpha value is -0.570. The monoisotopic (exact) mass is 225 g/mol. The van der Waals surface area contributed by atoms with Gasteiger partial charge in [0.15, 0.2) is 0 Å². The van der Waals surface area contributed by atoms with Gasteiger partial charge in [0.05, 0.1) is 0 Å². The van der Waals surface area contributed by atoms with Crippen LogP contribution in [0.1, 0.15) is 47.0 Å². The van der Waals surface area contributed by atoms with E-state index in [0.29, 0.717) is 5.92 Å². The minimum atomic E-state index is -0.508. The Labute approximate surface area is 97.7 Å². The van der Waals surface area contributed by atoms with Gasteiger partial charge in [-0.1, -0.05) is 20.8 Å². The van der Waals surface area contributed by atoms with Crippen LogP contribution >= 0.6 is 0 Å². The largest absolute Gasteiger partial charge is 0.461 e. The van der Waals surface area contributed by atoms with Crippen LogP contribution in [0.4, 0.5) is 0 Å². The molecule has 3 unspecified atom stereocenters. The Bertz CT molecular complexity index is 311. The average molecular weight is 225 g/mol. The van der Waals surface area contributed by atoms with E-state index in [9.17, 15) is 4.79 Å². The molecule has 3 nitrogen and oxygen atoms in total. The maximum Gasteiger partial charge on any atom is 0.322 e. The van der Waals surface area contributed by atoms with E-state index in [4.69, 9.17) is 10.5 Å². The number of ether oxygens (including phenoxy) is 1. The first-order valence-electron chi connectivity index (χ1n) is 6.25. The molecule has 16 heavy (non-hydrogen) atoms. The molecule has 0 radical (unpaired) electrons. The van der Waals surface area contributed by atoms with E-state index in [0.717, 1.165) is 6.42 Å². The SMILES string of the molecule is C[C@@H](N)C(=O)OC1CC2CCC1(C)C2(C)C. The second kappa shape index (κ2) is 3.46. The Kier molecular flexibility index (Phi) is 2.57. The number of fused-ring (bicyclic) bond motifs is 2. The van der Waals surface area contributed by atoms with Crippen LogP contribution in [0.2, 0.25) is 0 Å². The molecule has 2 fully saturated rings. The van der Waals surface area contributed by atoms with Crippen LogP contribution in [-0.4, -0.2) is 18.1 Å². The van der Waals surface area contributed by atoms with Gasteiger partial charge >= 0.3 is 5.97 Å². The highest BCUT2D eigenvalue weighted by Gasteiger charge is 2.62. The van der Waals surface area contributed by atoms with E-state index in [1.165, 1.54) is 12.8 Å². The summed E-state index contributed by atoms with van der Waals surface area (Å²) in [7, 11) is 0. The van der Waals surface area contributed by atoms with E-state index in [1.54, 1.807) is 6.92 Å². The second-order valence-electron chi connectivity index (χ2n) is 6.32. The number of hydrogen-bond acceptors (Lipinski definition) is 3. The summed E-state index contributed by atoms with van der Waals surface area (Å²) >= 11 is 0. The highest BCUT2D eigenvalue weighted by atomic mass is 16.5. The summed E-state index contributed by atoms with van der Waals surface area (Å²) < 4.78 is 5.58. The fourth-order valence-corrected chi connectivity index (χ4v) is 3.56. The summed E-state index contributed by atoms with van der Waals surface area (Å²) in [5, 5.41) is 0. The molecule has 0 aliphatic heterocycles. The zero-order valence-electron chi connectivity index (χ0n) is 10.7. The summed E-state index contributed by atoms with van der Waals surface area (Å²) in [6, 6.07) is -0.508. The summed E-state index contributed by atoms with van der Waals surface area (Å²) in [5.41, 5.74) is 5.98. The van der Waals surface area contributed by atoms with Crippen molar-refractivity contribution in [2.45, 2.75) is 59.1 Å². The molecule has 4 atom stereocenters. The first-order valence-corrected chi connectivity index (χ1v) is 6.25. The highest BCUT2D eigenvalue weighted by Crippen LogP contribution is 2.66. The molecule has 2 bridgehead atoms. The van der Waals surface area contributed by atoms with Crippen LogP contribution in [0, 0.1) is 16.7 Å². The predicted octanol–water partition coefficient (Wildman–Crippen LogP) is 2.09. The van der Waals surface area contributed by atoms with Crippen LogP contribution in [-0.2, 0) is 9.53 Å². The first kappa shape index (κ1) is 11.9. The van der Waals surface area contributed by atoms with E-state index in [2.05, 4.69) is 20.8 Å². The van der Waals surface area contributed by atoms with Gasteiger partial charge in [0, 0.05) is 5.41 Å². The number of carbonyl (C=O) groups excluding carboxylic acids is 1. The lowest BCUT2D eigenvalue weighted by Crippen LogP contribution is -2.41. The normalized spacial score (nSPS) is 42.1. The number of rotatable bonds is 2. The van der Waals surface area contributed by atoms with E-state index in [-0.39, 0.29) is 22.9 Å². The lowest BCUT2D eigenvalue weighted by atomic mass is 9.70. The standard InChI is InChI=1S/C13H23NO2/c1-8(14)11(15)16-10-7-9-5-6-13(10,4)12(9,2)3/h8-10H,5-7,14H2,1-4H3/t8-,9?,10?,13?/m1/s1. The minimum Gasteiger partial charge on any atom is -0.461 e. The van der Waals surface area contributed by atoms with Gasteiger partial charge in [-0.05, 0) is 37.5 Å². The molecular formula is C13H23NO2. The molecule has 2 aliphatic rings. The van der Waals surface area contributed by atoms with Crippen molar-refractivity contribution in [2.75, 3.05) is 0 Å². The highest BCUT2D eigenvalue weighted by molar-refractivity contribution is 5.75. The smallest absolute Gasteiger partial charge is 0.322 e. The number of esters is 1. The fraction of sp³-hybridized carbons (Fsp3) is 0.923.